The van der Waals surface area contributed by atoms with Crippen LogP contribution in [0.15, 0.2) is 72.9 Å². The summed E-state index contributed by atoms with van der Waals surface area (Å²) < 4.78 is 7.39. The van der Waals surface area contributed by atoms with Crippen LogP contribution in [0, 0.1) is 11.8 Å². The van der Waals surface area contributed by atoms with E-state index in [4.69, 9.17) is 20.4 Å². The summed E-state index contributed by atoms with van der Waals surface area (Å²) in [6, 6.07) is 19.8. The first-order chi connectivity index (χ1) is 24.3. The monoisotopic (exact) mass is 672 g/mol. The SMILES string of the molecule is CC(=O)[C@H](CCCCNC(=O)c1ccc(-c2c(C#Cc3ccc4ccccc4n3)nc3c(N4CCOCC4)ccnn23)cc1)NC(=O)[C@H](C)N. The molecule has 2 atom stereocenters. The Morgan fingerprint density at radius 2 is 1.74 bits per heavy atom. The van der Waals surface area contributed by atoms with E-state index < -0.39 is 12.1 Å². The second kappa shape index (κ2) is 15.7. The van der Waals surface area contributed by atoms with Gasteiger partial charge in [0, 0.05) is 36.1 Å². The Morgan fingerprint density at radius 3 is 2.50 bits per heavy atom. The molecule has 1 fully saturated rings. The van der Waals surface area contributed by atoms with E-state index in [0.717, 1.165) is 35.2 Å². The van der Waals surface area contributed by atoms with Gasteiger partial charge in [-0.25, -0.2) is 14.5 Å². The van der Waals surface area contributed by atoms with E-state index in [1.807, 2.05) is 59.1 Å². The van der Waals surface area contributed by atoms with Crippen LogP contribution in [0.5, 0.6) is 0 Å². The van der Waals surface area contributed by atoms with Gasteiger partial charge in [0.05, 0.1) is 42.7 Å². The van der Waals surface area contributed by atoms with E-state index in [1.165, 1.54) is 6.92 Å². The first-order valence-corrected chi connectivity index (χ1v) is 16.8. The predicted octanol–water partition coefficient (Wildman–Crippen LogP) is 3.50. The number of nitrogens with one attached hydrogen (secondary N) is 2. The standard InChI is InChI=1S/C38H40N8O4/c1-25(39)37(48)44-31(26(2)47)8-5-6-19-40-38(49)29-12-10-28(11-13-29)35-33(17-16-30-15-14-27-7-3-4-9-32(27)42-30)43-36-34(18-20-41-46(35)36)45-21-23-50-24-22-45/h3-4,7,9-15,18,20,25,31H,5-6,8,19,21-24,39H2,1-2H3,(H,40,49)(H,44,48)/t25-,31-/m0/s1. The topological polar surface area (TPSA) is 157 Å². The second-order valence-corrected chi connectivity index (χ2v) is 12.3. The minimum absolute atomic E-state index is 0.124. The number of imidazole rings is 1. The lowest BCUT2D eigenvalue weighted by molar-refractivity contribution is -0.127. The van der Waals surface area contributed by atoms with Crippen LogP contribution in [-0.4, -0.2) is 82.1 Å². The molecule has 3 aromatic heterocycles. The lowest BCUT2D eigenvalue weighted by Crippen LogP contribution is -2.46. The minimum atomic E-state index is -0.689. The molecule has 0 aliphatic carbocycles. The molecule has 12 nitrogen and oxygen atoms in total. The summed E-state index contributed by atoms with van der Waals surface area (Å²) in [6.45, 7) is 6.21. The van der Waals surface area contributed by atoms with Crippen LogP contribution in [0.1, 0.15) is 54.9 Å². The van der Waals surface area contributed by atoms with Gasteiger partial charge in [0.25, 0.3) is 5.91 Å². The summed E-state index contributed by atoms with van der Waals surface area (Å²) in [5.74, 6) is 5.77. The van der Waals surface area contributed by atoms with Crippen molar-refractivity contribution in [1.82, 2.24) is 30.2 Å². The van der Waals surface area contributed by atoms with Crippen molar-refractivity contribution < 1.29 is 19.1 Å². The summed E-state index contributed by atoms with van der Waals surface area (Å²) in [6.07, 6.45) is 3.53. The van der Waals surface area contributed by atoms with Gasteiger partial charge in [-0.1, -0.05) is 36.4 Å². The molecule has 5 aromatic rings. The molecular formula is C38H40N8O4. The zero-order valence-corrected chi connectivity index (χ0v) is 28.2. The number of amides is 2. The molecule has 0 bridgehead atoms. The highest BCUT2D eigenvalue weighted by Crippen LogP contribution is 2.29. The van der Waals surface area contributed by atoms with Crippen LogP contribution in [0.2, 0.25) is 0 Å². The number of aromatic nitrogens is 4. The zero-order valence-electron chi connectivity index (χ0n) is 28.2. The second-order valence-electron chi connectivity index (χ2n) is 12.3. The molecule has 0 radical (unpaired) electrons. The number of unbranched alkanes of at least 4 members (excludes halogenated alkanes) is 1. The van der Waals surface area contributed by atoms with Gasteiger partial charge >= 0.3 is 0 Å². The van der Waals surface area contributed by atoms with Gasteiger partial charge in [-0.2, -0.15) is 5.10 Å². The molecule has 256 valence electrons. The number of carbonyl (C=O) groups excluding carboxylic acids is 3. The van der Waals surface area contributed by atoms with Gasteiger partial charge in [0.1, 0.15) is 17.1 Å². The van der Waals surface area contributed by atoms with Gasteiger partial charge in [0.15, 0.2) is 11.4 Å². The Labute approximate surface area is 290 Å². The molecule has 2 amide bonds. The third kappa shape index (κ3) is 7.97. The number of nitrogens with two attached hydrogens (primary N) is 1. The third-order valence-corrected chi connectivity index (χ3v) is 8.60. The van der Waals surface area contributed by atoms with Crippen LogP contribution in [0.4, 0.5) is 5.69 Å². The van der Waals surface area contributed by atoms with Gasteiger partial charge < -0.3 is 26.0 Å². The molecule has 0 spiro atoms. The Balaban J connectivity index is 1.20. The van der Waals surface area contributed by atoms with Crippen molar-refractivity contribution in [3.05, 3.63) is 89.9 Å². The number of benzene rings is 2. The van der Waals surface area contributed by atoms with Crippen molar-refractivity contribution in [2.45, 2.75) is 45.2 Å². The highest BCUT2D eigenvalue weighted by atomic mass is 16.5. The molecule has 1 saturated heterocycles. The van der Waals surface area contributed by atoms with E-state index in [-0.39, 0.29) is 17.6 Å². The Bertz CT molecular complexity index is 2070. The lowest BCUT2D eigenvalue weighted by atomic mass is 10.1. The maximum absolute atomic E-state index is 13.0. The number of ketones is 1. The number of hydrogen-bond donors (Lipinski definition) is 3. The summed E-state index contributed by atoms with van der Waals surface area (Å²) >= 11 is 0. The fourth-order valence-electron chi connectivity index (χ4n) is 5.83. The summed E-state index contributed by atoms with van der Waals surface area (Å²) in [7, 11) is 0. The fraction of sp³-hybridized carbons (Fsp3) is 0.316. The number of rotatable bonds is 11. The maximum atomic E-state index is 13.0. The van der Waals surface area contributed by atoms with Crippen LogP contribution in [0.3, 0.4) is 0 Å². The van der Waals surface area contributed by atoms with Crippen molar-refractivity contribution in [3.8, 4) is 23.1 Å². The van der Waals surface area contributed by atoms with E-state index in [0.29, 0.717) is 67.3 Å². The molecule has 4 heterocycles. The normalized spacial score (nSPS) is 14.1. The van der Waals surface area contributed by atoms with Crippen LogP contribution < -0.4 is 21.3 Å². The van der Waals surface area contributed by atoms with E-state index >= 15 is 0 Å². The van der Waals surface area contributed by atoms with E-state index in [1.54, 1.807) is 25.3 Å². The number of anilines is 1. The van der Waals surface area contributed by atoms with Gasteiger partial charge in [0.2, 0.25) is 5.91 Å². The Morgan fingerprint density at radius 1 is 0.960 bits per heavy atom. The van der Waals surface area contributed by atoms with Gasteiger partial charge in [-0.05, 0) is 75.3 Å². The average Bonchev–Trinajstić information content (AvgIpc) is 3.52. The van der Waals surface area contributed by atoms with Crippen molar-refractivity contribution >= 4 is 39.8 Å². The number of pyridine rings is 1. The van der Waals surface area contributed by atoms with Crippen molar-refractivity contribution in [2.75, 3.05) is 37.7 Å². The number of para-hydroxylation sites is 1. The van der Waals surface area contributed by atoms with E-state index in [2.05, 4.69) is 32.5 Å². The third-order valence-electron chi connectivity index (χ3n) is 8.60. The molecule has 1 aliphatic rings. The van der Waals surface area contributed by atoms with Crippen molar-refractivity contribution in [2.24, 2.45) is 5.73 Å². The highest BCUT2D eigenvalue weighted by Gasteiger charge is 2.22. The number of nitrogens with zero attached hydrogens (tertiary/aromatic N) is 5. The van der Waals surface area contributed by atoms with Crippen LogP contribution >= 0.6 is 0 Å². The fourth-order valence-corrected chi connectivity index (χ4v) is 5.83. The summed E-state index contributed by atoms with van der Waals surface area (Å²) in [5, 5.41) is 11.3. The highest BCUT2D eigenvalue weighted by molar-refractivity contribution is 5.95. The number of fused-ring (bicyclic) bond motifs is 2. The number of carbonyl (C=O) groups is 3. The first-order valence-electron chi connectivity index (χ1n) is 16.8. The average molecular weight is 673 g/mol. The molecule has 50 heavy (non-hydrogen) atoms. The quantitative estimate of drug-likeness (QED) is 0.141. The van der Waals surface area contributed by atoms with Crippen LogP contribution in [0.25, 0.3) is 27.8 Å². The number of hydrogen-bond acceptors (Lipinski definition) is 9. The predicted molar refractivity (Wildman–Crippen MR) is 192 cm³/mol. The molecule has 6 rings (SSSR count). The summed E-state index contributed by atoms with van der Waals surface area (Å²) in [5.41, 5.74) is 11.3. The molecular weight excluding hydrogens is 632 g/mol. The largest absolute Gasteiger partial charge is 0.378 e. The molecule has 0 saturated carbocycles. The van der Waals surface area contributed by atoms with Gasteiger partial charge in [-0.3, -0.25) is 14.4 Å². The van der Waals surface area contributed by atoms with E-state index in [9.17, 15) is 14.4 Å². The first kappa shape index (κ1) is 34.2. The van der Waals surface area contributed by atoms with Crippen molar-refractivity contribution in [1.29, 1.82) is 0 Å². The van der Waals surface area contributed by atoms with Gasteiger partial charge in [-0.15, -0.1) is 0 Å². The minimum Gasteiger partial charge on any atom is -0.378 e. The number of ether oxygens (including phenoxy) is 1. The maximum Gasteiger partial charge on any atom is 0.251 e. The smallest absolute Gasteiger partial charge is 0.251 e. The molecule has 12 heteroatoms. The van der Waals surface area contributed by atoms with Crippen LogP contribution in [-0.2, 0) is 14.3 Å². The lowest BCUT2D eigenvalue weighted by Gasteiger charge is -2.28. The number of Topliss-reactive ketones (excluding diaryl/α,β-unsaturated/α-hetero) is 1. The Kier molecular flexibility index (Phi) is 10.8. The van der Waals surface area contributed by atoms with Crippen molar-refractivity contribution in [3.63, 3.8) is 0 Å². The molecule has 2 aromatic carbocycles. The zero-order chi connectivity index (χ0) is 35.0. The molecule has 4 N–H and O–H groups in total. The molecule has 0 unspecified atom stereocenters. The molecule has 1 aliphatic heterocycles. The summed E-state index contributed by atoms with van der Waals surface area (Å²) in [4.78, 5) is 48.8. The Hall–Kier alpha value is -5.64. The number of morpholine rings is 1.